The predicted octanol–water partition coefficient (Wildman–Crippen LogP) is 3.73. The van der Waals surface area contributed by atoms with Crippen molar-refractivity contribution in [3.8, 4) is 0 Å². The molecule has 0 unspecified atom stereocenters. The van der Waals surface area contributed by atoms with E-state index in [-0.39, 0.29) is 6.42 Å². The molecule has 8 heteroatoms. The Morgan fingerprint density at radius 1 is 0.941 bits per heavy atom. The lowest BCUT2D eigenvalue weighted by molar-refractivity contribution is -0.358. The molecule has 0 aromatic carbocycles. The van der Waals surface area contributed by atoms with Gasteiger partial charge in [-0.2, -0.15) is 30.7 Å². The van der Waals surface area contributed by atoms with Gasteiger partial charge in [0.2, 0.25) is 0 Å². The summed E-state index contributed by atoms with van der Waals surface area (Å²) in [6.45, 7) is 1.73. The lowest BCUT2D eigenvalue weighted by Crippen LogP contribution is -2.60. The van der Waals surface area contributed by atoms with E-state index in [1.165, 1.54) is 0 Å². The van der Waals surface area contributed by atoms with Gasteiger partial charge in [-0.25, -0.2) is 0 Å². The molecule has 0 radical (unpaired) electrons. The highest BCUT2D eigenvalue weighted by molar-refractivity contribution is 4.97. The largest absolute Gasteiger partial charge is 0.459 e. The molecule has 0 saturated carbocycles. The van der Waals surface area contributed by atoms with E-state index in [2.05, 4.69) is 0 Å². The fraction of sp³-hybridized carbons (Fsp3) is 1.00. The Hall–Kier alpha value is -0.530. The molecule has 0 aromatic rings. The van der Waals surface area contributed by atoms with Crippen molar-refractivity contribution in [2.24, 2.45) is 5.73 Å². The Labute approximate surface area is 94.2 Å². The molecule has 0 aliphatic carbocycles. The number of halogens is 7. The number of rotatable bonds is 6. The molecular formula is C9H14F7N. The molecule has 1 atom stereocenters. The van der Waals surface area contributed by atoms with Crippen LogP contribution in [0.15, 0.2) is 0 Å². The average molecular weight is 269 g/mol. The third kappa shape index (κ3) is 3.46. The van der Waals surface area contributed by atoms with Gasteiger partial charge >= 0.3 is 18.0 Å². The van der Waals surface area contributed by atoms with Crippen LogP contribution in [0.5, 0.6) is 0 Å². The van der Waals surface area contributed by atoms with Crippen LogP contribution in [0.25, 0.3) is 0 Å². The van der Waals surface area contributed by atoms with Crippen LogP contribution < -0.4 is 5.73 Å². The van der Waals surface area contributed by atoms with Crippen LogP contribution in [0, 0.1) is 0 Å². The quantitative estimate of drug-likeness (QED) is 0.577. The summed E-state index contributed by atoms with van der Waals surface area (Å²) in [5.74, 6) is -11.4. The summed E-state index contributed by atoms with van der Waals surface area (Å²) in [6, 6.07) is -2.51. The van der Waals surface area contributed by atoms with Crippen LogP contribution in [-0.4, -0.2) is 24.1 Å². The summed E-state index contributed by atoms with van der Waals surface area (Å²) in [6.07, 6.45) is -5.73. The SMILES string of the molecule is CCCCC[C@@H](N)C(F)(F)C(F)(F)C(F)(F)F. The first kappa shape index (κ1) is 16.5. The maximum absolute atomic E-state index is 12.9. The highest BCUT2D eigenvalue weighted by Crippen LogP contribution is 2.48. The van der Waals surface area contributed by atoms with Crippen LogP contribution in [0.4, 0.5) is 30.7 Å². The van der Waals surface area contributed by atoms with Crippen LogP contribution in [0.2, 0.25) is 0 Å². The molecule has 0 spiro atoms. The van der Waals surface area contributed by atoms with Gasteiger partial charge in [-0.05, 0) is 6.42 Å². The van der Waals surface area contributed by atoms with E-state index in [0.29, 0.717) is 12.8 Å². The molecule has 104 valence electrons. The Morgan fingerprint density at radius 2 is 1.41 bits per heavy atom. The summed E-state index contributed by atoms with van der Waals surface area (Å²) < 4.78 is 86.2. The molecule has 0 aliphatic rings. The zero-order chi connectivity index (χ0) is 13.9. The Kier molecular flexibility index (Phi) is 5.24. The zero-order valence-electron chi connectivity index (χ0n) is 9.13. The fourth-order valence-corrected chi connectivity index (χ4v) is 1.22. The van der Waals surface area contributed by atoms with E-state index < -0.39 is 30.5 Å². The van der Waals surface area contributed by atoms with Crippen LogP contribution in [0.3, 0.4) is 0 Å². The maximum atomic E-state index is 12.9. The molecule has 0 rings (SSSR count). The van der Waals surface area contributed by atoms with Crippen molar-refractivity contribution >= 4 is 0 Å². The third-order valence-electron chi connectivity index (χ3n) is 2.36. The Balaban J connectivity index is 4.75. The van der Waals surface area contributed by atoms with Crippen LogP contribution in [0.1, 0.15) is 32.6 Å². The first-order valence-corrected chi connectivity index (χ1v) is 5.06. The summed E-state index contributed by atoms with van der Waals surface area (Å²) >= 11 is 0. The van der Waals surface area contributed by atoms with Crippen LogP contribution in [-0.2, 0) is 0 Å². The minimum Gasteiger partial charge on any atom is -0.322 e. The topological polar surface area (TPSA) is 26.0 Å². The molecule has 1 nitrogen and oxygen atoms in total. The first-order chi connectivity index (χ1) is 7.48. The number of hydrogen-bond donors (Lipinski definition) is 1. The second-order valence-corrected chi connectivity index (χ2v) is 3.80. The van der Waals surface area contributed by atoms with E-state index >= 15 is 0 Å². The van der Waals surface area contributed by atoms with E-state index in [4.69, 9.17) is 5.73 Å². The Bertz CT molecular complexity index is 236. The van der Waals surface area contributed by atoms with E-state index in [1.807, 2.05) is 0 Å². The molecule has 0 aliphatic heterocycles. The molecular weight excluding hydrogens is 255 g/mol. The van der Waals surface area contributed by atoms with Gasteiger partial charge in [-0.1, -0.05) is 26.2 Å². The summed E-state index contributed by atoms with van der Waals surface area (Å²) in [7, 11) is 0. The molecule has 2 N–H and O–H groups in total. The molecule has 0 aromatic heterocycles. The van der Waals surface area contributed by atoms with Crippen molar-refractivity contribution in [1.29, 1.82) is 0 Å². The van der Waals surface area contributed by atoms with Gasteiger partial charge in [0.1, 0.15) is 0 Å². The molecule has 17 heavy (non-hydrogen) atoms. The zero-order valence-corrected chi connectivity index (χ0v) is 9.13. The summed E-state index contributed by atoms with van der Waals surface area (Å²) in [5, 5.41) is 0. The number of hydrogen-bond acceptors (Lipinski definition) is 1. The minimum atomic E-state index is -6.31. The number of alkyl halides is 7. The lowest BCUT2D eigenvalue weighted by Gasteiger charge is -2.32. The molecule has 0 heterocycles. The van der Waals surface area contributed by atoms with Gasteiger partial charge in [0, 0.05) is 0 Å². The number of nitrogens with two attached hydrogens (primary N) is 1. The lowest BCUT2D eigenvalue weighted by atomic mass is 9.98. The highest BCUT2D eigenvalue weighted by atomic mass is 19.4. The van der Waals surface area contributed by atoms with Gasteiger partial charge in [-0.15, -0.1) is 0 Å². The first-order valence-electron chi connectivity index (χ1n) is 5.06. The van der Waals surface area contributed by atoms with E-state index in [0.717, 1.165) is 0 Å². The normalized spacial score (nSPS) is 16.1. The van der Waals surface area contributed by atoms with Crippen LogP contribution >= 0.6 is 0 Å². The molecule has 0 bridgehead atoms. The minimum absolute atomic E-state index is 0.0845. The third-order valence-corrected chi connectivity index (χ3v) is 2.36. The number of unbranched alkanes of at least 4 members (excludes halogenated alkanes) is 2. The van der Waals surface area contributed by atoms with Crippen molar-refractivity contribution in [1.82, 2.24) is 0 Å². The molecule has 0 amide bonds. The van der Waals surface area contributed by atoms with Gasteiger partial charge in [0.25, 0.3) is 0 Å². The smallest absolute Gasteiger partial charge is 0.322 e. The Morgan fingerprint density at radius 3 is 1.76 bits per heavy atom. The van der Waals surface area contributed by atoms with Gasteiger partial charge in [-0.3, -0.25) is 0 Å². The van der Waals surface area contributed by atoms with Gasteiger partial charge < -0.3 is 5.73 Å². The van der Waals surface area contributed by atoms with Gasteiger partial charge in [0.15, 0.2) is 0 Å². The van der Waals surface area contributed by atoms with E-state index in [9.17, 15) is 30.7 Å². The molecule has 0 fully saturated rings. The van der Waals surface area contributed by atoms with Crippen molar-refractivity contribution < 1.29 is 30.7 Å². The summed E-state index contributed by atoms with van der Waals surface area (Å²) in [5.41, 5.74) is 4.75. The van der Waals surface area contributed by atoms with Crippen molar-refractivity contribution in [3.63, 3.8) is 0 Å². The summed E-state index contributed by atoms with van der Waals surface area (Å²) in [4.78, 5) is 0. The highest BCUT2D eigenvalue weighted by Gasteiger charge is 2.74. The van der Waals surface area contributed by atoms with Crippen molar-refractivity contribution in [3.05, 3.63) is 0 Å². The standard InChI is InChI=1S/C9H14F7N/c1-2-3-4-5-6(17)7(10,11)8(12,13)9(14,15)16/h6H,2-5,17H2,1H3/t6-/m1/s1. The monoisotopic (exact) mass is 269 g/mol. The van der Waals surface area contributed by atoms with Crippen molar-refractivity contribution in [2.75, 3.05) is 0 Å². The second kappa shape index (κ2) is 5.41. The predicted molar refractivity (Wildman–Crippen MR) is 48.1 cm³/mol. The second-order valence-electron chi connectivity index (χ2n) is 3.80. The fourth-order valence-electron chi connectivity index (χ4n) is 1.22. The maximum Gasteiger partial charge on any atom is 0.459 e. The van der Waals surface area contributed by atoms with E-state index in [1.54, 1.807) is 6.92 Å². The molecule has 0 saturated heterocycles. The van der Waals surface area contributed by atoms with Gasteiger partial charge in [0.05, 0.1) is 6.04 Å². The average Bonchev–Trinajstić information content (AvgIpc) is 2.15. The van der Waals surface area contributed by atoms with Crippen molar-refractivity contribution in [2.45, 2.75) is 56.7 Å².